The zero-order chi connectivity index (χ0) is 20.6. The highest BCUT2D eigenvalue weighted by atomic mass is 16.5. The molecule has 2 atom stereocenters. The fraction of sp³-hybridized carbons (Fsp3) is 0.905. The minimum atomic E-state index is -0.000906. The van der Waals surface area contributed by atoms with Crippen molar-refractivity contribution in [3.05, 3.63) is 0 Å². The number of carbonyl (C=O) groups is 1. The number of rotatable bonds is 14. The van der Waals surface area contributed by atoms with Crippen molar-refractivity contribution in [2.75, 3.05) is 53.6 Å². The lowest BCUT2D eigenvalue weighted by Crippen LogP contribution is -2.41. The van der Waals surface area contributed by atoms with Crippen molar-refractivity contribution in [2.45, 2.75) is 64.9 Å². The van der Waals surface area contributed by atoms with Gasteiger partial charge in [-0.3, -0.25) is 4.79 Å². The van der Waals surface area contributed by atoms with Crippen LogP contribution < -0.4 is 10.6 Å². The molecule has 1 heterocycles. The molecule has 1 aliphatic rings. The molecule has 0 aromatic rings. The summed E-state index contributed by atoms with van der Waals surface area (Å²) in [6, 6.07) is 0. The van der Waals surface area contributed by atoms with E-state index in [2.05, 4.69) is 29.5 Å². The van der Waals surface area contributed by atoms with E-state index in [4.69, 9.17) is 9.47 Å². The van der Waals surface area contributed by atoms with Crippen molar-refractivity contribution in [2.24, 2.45) is 10.9 Å². The second-order valence-corrected chi connectivity index (χ2v) is 7.74. The monoisotopic (exact) mass is 398 g/mol. The fourth-order valence-electron chi connectivity index (χ4n) is 3.02. The predicted octanol–water partition coefficient (Wildman–Crippen LogP) is 2.41. The zero-order valence-corrected chi connectivity index (χ0v) is 18.5. The van der Waals surface area contributed by atoms with Gasteiger partial charge in [0.1, 0.15) is 6.54 Å². The quantitative estimate of drug-likeness (QED) is 0.267. The molecule has 1 aliphatic heterocycles. The number of nitrogens with one attached hydrogen (secondary N) is 2. The van der Waals surface area contributed by atoms with Crippen LogP contribution in [0.25, 0.3) is 0 Å². The molecule has 0 saturated carbocycles. The van der Waals surface area contributed by atoms with Gasteiger partial charge >= 0.3 is 0 Å². The van der Waals surface area contributed by atoms with Gasteiger partial charge in [-0.25, -0.2) is 4.99 Å². The Morgan fingerprint density at radius 3 is 2.75 bits per heavy atom. The molecule has 0 bridgehead atoms. The first-order valence-electron chi connectivity index (χ1n) is 11.0. The van der Waals surface area contributed by atoms with Gasteiger partial charge in [-0.2, -0.15) is 0 Å². The third-order valence-corrected chi connectivity index (χ3v) is 5.06. The highest BCUT2D eigenvalue weighted by Gasteiger charge is 2.15. The average molecular weight is 399 g/mol. The molecule has 2 N–H and O–H groups in total. The second-order valence-electron chi connectivity index (χ2n) is 7.74. The molecule has 0 aromatic heterocycles. The number of carbonyl (C=O) groups excluding carboxylic acids is 1. The van der Waals surface area contributed by atoms with Crippen LogP contribution in [0.2, 0.25) is 0 Å². The molecule has 1 amide bonds. The minimum absolute atomic E-state index is 0.000906. The van der Waals surface area contributed by atoms with Crippen LogP contribution >= 0.6 is 0 Å². The molecule has 7 nitrogen and oxygen atoms in total. The van der Waals surface area contributed by atoms with Gasteiger partial charge in [0.05, 0.1) is 12.7 Å². The van der Waals surface area contributed by atoms with E-state index in [0.29, 0.717) is 25.1 Å². The molecule has 164 valence electrons. The van der Waals surface area contributed by atoms with E-state index in [-0.39, 0.29) is 18.6 Å². The van der Waals surface area contributed by atoms with Gasteiger partial charge in [-0.15, -0.1) is 0 Å². The lowest BCUT2D eigenvalue weighted by Gasteiger charge is -2.19. The van der Waals surface area contributed by atoms with E-state index in [1.54, 1.807) is 19.0 Å². The summed E-state index contributed by atoms with van der Waals surface area (Å²) in [5.41, 5.74) is 0. The number of hydrogen-bond acceptors (Lipinski definition) is 4. The van der Waals surface area contributed by atoms with Crippen LogP contribution in [0.3, 0.4) is 0 Å². The maximum absolute atomic E-state index is 11.9. The summed E-state index contributed by atoms with van der Waals surface area (Å²) < 4.78 is 11.3. The number of hydrogen-bond donors (Lipinski definition) is 2. The number of likely N-dealkylation sites (N-methyl/N-ethyl adjacent to an activating group) is 1. The van der Waals surface area contributed by atoms with E-state index < -0.39 is 0 Å². The number of amides is 1. The number of unbranched alkanes of at least 4 members (excludes halogenated alkanes) is 1. The fourth-order valence-corrected chi connectivity index (χ4v) is 3.02. The van der Waals surface area contributed by atoms with Gasteiger partial charge in [0.2, 0.25) is 5.91 Å². The molecule has 0 aromatic carbocycles. The summed E-state index contributed by atoms with van der Waals surface area (Å²) in [5.74, 6) is 1.34. The summed E-state index contributed by atoms with van der Waals surface area (Å²) in [4.78, 5) is 17.9. The Balaban J connectivity index is 2.34. The van der Waals surface area contributed by atoms with Crippen LogP contribution in [-0.4, -0.2) is 76.4 Å². The van der Waals surface area contributed by atoms with Crippen molar-refractivity contribution in [3.63, 3.8) is 0 Å². The lowest BCUT2D eigenvalue weighted by atomic mass is 9.99. The summed E-state index contributed by atoms with van der Waals surface area (Å²) in [7, 11) is 3.50. The molecule has 1 rings (SSSR count). The van der Waals surface area contributed by atoms with Gasteiger partial charge in [-0.05, 0) is 31.6 Å². The maximum Gasteiger partial charge on any atom is 0.243 e. The Hall–Kier alpha value is -1.34. The first-order valence-corrected chi connectivity index (χ1v) is 11.0. The van der Waals surface area contributed by atoms with Crippen LogP contribution in [0.15, 0.2) is 4.99 Å². The zero-order valence-electron chi connectivity index (χ0n) is 18.5. The van der Waals surface area contributed by atoms with Crippen molar-refractivity contribution in [3.8, 4) is 0 Å². The standard InChI is InChI=1S/C21H42N4O3/c1-5-7-10-18(6-2)15-23-21(24-16-20(26)25(3)4)22-12-9-13-27-17-19-11-8-14-28-19/h18-19H,5-17H2,1-4H3,(H2,22,23,24). The van der Waals surface area contributed by atoms with E-state index in [1.807, 2.05) is 0 Å². The Bertz CT molecular complexity index is 437. The molecule has 0 radical (unpaired) electrons. The molecule has 1 saturated heterocycles. The van der Waals surface area contributed by atoms with Gasteiger partial charge in [-0.1, -0.05) is 33.1 Å². The smallest absolute Gasteiger partial charge is 0.243 e. The lowest BCUT2D eigenvalue weighted by molar-refractivity contribution is -0.127. The first kappa shape index (κ1) is 24.7. The van der Waals surface area contributed by atoms with Crippen LogP contribution in [0, 0.1) is 5.92 Å². The Labute approximate surface area is 171 Å². The SMILES string of the molecule is CCCCC(CC)CNC(=NCC(=O)N(C)C)NCCCOCC1CCCO1. The molecule has 0 aliphatic carbocycles. The minimum Gasteiger partial charge on any atom is -0.379 e. The van der Waals surface area contributed by atoms with Gasteiger partial charge < -0.3 is 25.0 Å². The van der Waals surface area contributed by atoms with E-state index in [9.17, 15) is 4.79 Å². The van der Waals surface area contributed by atoms with Crippen LogP contribution in [-0.2, 0) is 14.3 Å². The third-order valence-electron chi connectivity index (χ3n) is 5.06. The molecule has 1 fully saturated rings. The topological polar surface area (TPSA) is 75.2 Å². The molecule has 2 unspecified atom stereocenters. The molecular weight excluding hydrogens is 356 g/mol. The van der Waals surface area contributed by atoms with Crippen molar-refractivity contribution < 1.29 is 14.3 Å². The summed E-state index contributed by atoms with van der Waals surface area (Å²) in [6.45, 7) is 8.51. The van der Waals surface area contributed by atoms with Crippen molar-refractivity contribution >= 4 is 11.9 Å². The Morgan fingerprint density at radius 1 is 1.29 bits per heavy atom. The van der Waals surface area contributed by atoms with Crippen LogP contribution in [0.5, 0.6) is 0 Å². The van der Waals surface area contributed by atoms with Crippen molar-refractivity contribution in [1.29, 1.82) is 0 Å². The highest BCUT2D eigenvalue weighted by molar-refractivity contribution is 5.84. The molecular formula is C21H42N4O3. The van der Waals surface area contributed by atoms with Crippen LogP contribution in [0.1, 0.15) is 58.8 Å². The third kappa shape index (κ3) is 11.5. The van der Waals surface area contributed by atoms with Gasteiger partial charge in [0.25, 0.3) is 0 Å². The predicted molar refractivity (Wildman–Crippen MR) is 115 cm³/mol. The largest absolute Gasteiger partial charge is 0.379 e. The molecule has 7 heteroatoms. The number of nitrogens with zero attached hydrogens (tertiary/aromatic N) is 2. The maximum atomic E-state index is 11.9. The van der Waals surface area contributed by atoms with Crippen molar-refractivity contribution in [1.82, 2.24) is 15.5 Å². The number of guanidine groups is 1. The van der Waals surface area contributed by atoms with Gasteiger partial charge in [0, 0.05) is 40.4 Å². The Kier molecular flexibility index (Phi) is 13.7. The van der Waals surface area contributed by atoms with E-state index >= 15 is 0 Å². The molecule has 0 spiro atoms. The normalized spacial score (nSPS) is 18.1. The first-order chi connectivity index (χ1) is 13.6. The number of ether oxygens (including phenoxy) is 2. The summed E-state index contributed by atoms with van der Waals surface area (Å²) >= 11 is 0. The molecule has 28 heavy (non-hydrogen) atoms. The van der Waals surface area contributed by atoms with E-state index in [1.165, 1.54) is 19.3 Å². The summed E-state index contributed by atoms with van der Waals surface area (Å²) in [5, 5.41) is 6.75. The van der Waals surface area contributed by atoms with Gasteiger partial charge in [0.15, 0.2) is 5.96 Å². The highest BCUT2D eigenvalue weighted by Crippen LogP contribution is 2.12. The Morgan fingerprint density at radius 2 is 2.11 bits per heavy atom. The summed E-state index contributed by atoms with van der Waals surface area (Å²) in [6.07, 6.45) is 8.26. The average Bonchev–Trinajstić information content (AvgIpc) is 3.21. The van der Waals surface area contributed by atoms with Crippen LogP contribution in [0.4, 0.5) is 0 Å². The second kappa shape index (κ2) is 15.6. The number of aliphatic imine (C=N–C) groups is 1. The van der Waals surface area contributed by atoms with E-state index in [0.717, 1.165) is 45.4 Å².